The third-order valence-corrected chi connectivity index (χ3v) is 5.23. The second-order valence-electron chi connectivity index (χ2n) is 8.11. The fourth-order valence-electron chi connectivity index (χ4n) is 3.38. The Morgan fingerprint density at radius 1 is 1.23 bits per heavy atom. The van der Waals surface area contributed by atoms with Crippen LogP contribution in [0, 0.1) is 18.3 Å². The van der Waals surface area contributed by atoms with Gasteiger partial charge in [-0.05, 0) is 50.2 Å². The summed E-state index contributed by atoms with van der Waals surface area (Å²) in [6, 6.07) is 8.02. The van der Waals surface area contributed by atoms with Crippen molar-refractivity contribution < 1.29 is 9.59 Å². The zero-order valence-electron chi connectivity index (χ0n) is 16.6. The lowest BCUT2D eigenvalue weighted by Gasteiger charge is -2.39. The molecule has 3 amide bonds. The first-order chi connectivity index (χ1) is 12.3. The van der Waals surface area contributed by atoms with Gasteiger partial charge in [-0.1, -0.05) is 38.1 Å². The molecule has 2 N–H and O–H groups in total. The van der Waals surface area contributed by atoms with E-state index in [0.29, 0.717) is 32.1 Å². The Kier molecular flexibility index (Phi) is 7.06. The van der Waals surface area contributed by atoms with Crippen LogP contribution in [0.2, 0.25) is 0 Å². The minimum absolute atomic E-state index is 0.0282. The van der Waals surface area contributed by atoms with Crippen molar-refractivity contribution in [1.82, 2.24) is 15.5 Å². The van der Waals surface area contributed by atoms with E-state index in [1.165, 1.54) is 5.56 Å². The molecule has 26 heavy (non-hydrogen) atoms. The maximum Gasteiger partial charge on any atom is 0.317 e. The normalized spacial score (nSPS) is 20.1. The third kappa shape index (κ3) is 5.48. The van der Waals surface area contributed by atoms with Gasteiger partial charge in [-0.3, -0.25) is 4.79 Å². The Morgan fingerprint density at radius 2 is 1.96 bits per heavy atom. The molecule has 1 aromatic rings. The van der Waals surface area contributed by atoms with Gasteiger partial charge in [0.15, 0.2) is 0 Å². The van der Waals surface area contributed by atoms with E-state index in [2.05, 4.69) is 24.5 Å². The van der Waals surface area contributed by atoms with Gasteiger partial charge < -0.3 is 15.5 Å². The van der Waals surface area contributed by atoms with Gasteiger partial charge in [-0.2, -0.15) is 0 Å². The molecule has 1 atom stereocenters. The van der Waals surface area contributed by atoms with E-state index in [1.54, 1.807) is 4.90 Å². The number of piperidine rings is 1. The summed E-state index contributed by atoms with van der Waals surface area (Å²) in [6.45, 7) is 10.7. The number of likely N-dealkylation sites (tertiary alicyclic amines) is 1. The van der Waals surface area contributed by atoms with Gasteiger partial charge in [-0.25, -0.2) is 4.79 Å². The lowest BCUT2D eigenvalue weighted by molar-refractivity contribution is -0.132. The smallest absolute Gasteiger partial charge is 0.317 e. The molecular weight excluding hydrogens is 326 g/mol. The number of amides is 3. The van der Waals surface area contributed by atoms with E-state index in [9.17, 15) is 9.59 Å². The number of nitrogens with one attached hydrogen (secondary N) is 2. The Balaban J connectivity index is 1.89. The van der Waals surface area contributed by atoms with Gasteiger partial charge in [0.1, 0.15) is 0 Å². The minimum atomic E-state index is -0.531. The molecule has 1 heterocycles. The van der Waals surface area contributed by atoms with Crippen molar-refractivity contribution in [2.45, 2.75) is 53.5 Å². The van der Waals surface area contributed by atoms with Crippen LogP contribution in [0.4, 0.5) is 4.79 Å². The van der Waals surface area contributed by atoms with E-state index in [4.69, 9.17) is 0 Å². The zero-order valence-corrected chi connectivity index (χ0v) is 16.6. The Morgan fingerprint density at radius 3 is 2.65 bits per heavy atom. The van der Waals surface area contributed by atoms with Crippen molar-refractivity contribution in [3.8, 4) is 0 Å². The fraction of sp³-hybridized carbons (Fsp3) is 0.619. The molecule has 5 nitrogen and oxygen atoms in total. The number of carbonyl (C=O) groups excluding carboxylic acids is 2. The van der Waals surface area contributed by atoms with Crippen LogP contribution in [0.1, 0.15) is 51.2 Å². The van der Waals surface area contributed by atoms with E-state index in [1.807, 2.05) is 38.1 Å². The number of urea groups is 1. The molecule has 0 radical (unpaired) electrons. The van der Waals surface area contributed by atoms with Crippen LogP contribution in [0.15, 0.2) is 24.3 Å². The minimum Gasteiger partial charge on any atom is -0.351 e. The van der Waals surface area contributed by atoms with E-state index in [0.717, 1.165) is 24.8 Å². The quantitative estimate of drug-likeness (QED) is 0.817. The SMILES string of the molecule is Cc1ccccc1CNC(=O)[C@@]1(C)CCCN(C(=O)NCCC(C)C)C1. The molecule has 1 saturated heterocycles. The maximum absolute atomic E-state index is 12.8. The molecule has 2 rings (SSSR count). The molecule has 5 heteroatoms. The van der Waals surface area contributed by atoms with Crippen molar-refractivity contribution in [2.75, 3.05) is 19.6 Å². The van der Waals surface area contributed by atoms with E-state index < -0.39 is 5.41 Å². The summed E-state index contributed by atoms with van der Waals surface area (Å²) in [7, 11) is 0. The number of aryl methyl sites for hydroxylation is 1. The first-order valence-electron chi connectivity index (χ1n) is 9.67. The lowest BCUT2D eigenvalue weighted by Crippen LogP contribution is -2.54. The molecule has 0 bridgehead atoms. The number of nitrogens with zero attached hydrogens (tertiary/aromatic N) is 1. The van der Waals surface area contributed by atoms with Crippen LogP contribution in [0.25, 0.3) is 0 Å². The Labute approximate surface area is 157 Å². The number of hydrogen-bond acceptors (Lipinski definition) is 2. The highest BCUT2D eigenvalue weighted by Crippen LogP contribution is 2.30. The van der Waals surface area contributed by atoms with Crippen LogP contribution in [-0.4, -0.2) is 36.5 Å². The van der Waals surface area contributed by atoms with Gasteiger partial charge in [0.05, 0.1) is 5.41 Å². The molecule has 0 aliphatic carbocycles. The topological polar surface area (TPSA) is 61.4 Å². The summed E-state index contributed by atoms with van der Waals surface area (Å²) in [5, 5.41) is 6.05. The molecule has 1 aliphatic rings. The van der Waals surface area contributed by atoms with Crippen molar-refractivity contribution in [3.63, 3.8) is 0 Å². The number of hydrogen-bond donors (Lipinski definition) is 2. The summed E-state index contributed by atoms with van der Waals surface area (Å²) < 4.78 is 0. The predicted molar refractivity (Wildman–Crippen MR) is 105 cm³/mol. The molecule has 1 aliphatic heterocycles. The summed E-state index contributed by atoms with van der Waals surface area (Å²) in [5.41, 5.74) is 1.77. The second kappa shape index (κ2) is 9.06. The Hall–Kier alpha value is -2.04. The summed E-state index contributed by atoms with van der Waals surface area (Å²) in [5.74, 6) is 0.592. The van der Waals surface area contributed by atoms with Crippen molar-refractivity contribution >= 4 is 11.9 Å². The van der Waals surface area contributed by atoms with Crippen LogP contribution in [0.5, 0.6) is 0 Å². The van der Waals surface area contributed by atoms with Gasteiger partial charge in [0.2, 0.25) is 5.91 Å². The van der Waals surface area contributed by atoms with Crippen LogP contribution in [0.3, 0.4) is 0 Å². The summed E-state index contributed by atoms with van der Waals surface area (Å²) in [4.78, 5) is 27.0. The number of carbonyl (C=O) groups is 2. The molecule has 0 aromatic heterocycles. The average molecular weight is 360 g/mol. The van der Waals surface area contributed by atoms with Crippen molar-refractivity contribution in [2.24, 2.45) is 11.3 Å². The first-order valence-corrected chi connectivity index (χ1v) is 9.67. The molecule has 144 valence electrons. The fourth-order valence-corrected chi connectivity index (χ4v) is 3.38. The second-order valence-corrected chi connectivity index (χ2v) is 8.11. The Bertz CT molecular complexity index is 629. The predicted octanol–water partition coefficient (Wildman–Crippen LogP) is 3.47. The molecule has 0 saturated carbocycles. The summed E-state index contributed by atoms with van der Waals surface area (Å²) >= 11 is 0. The molecule has 1 aromatic carbocycles. The van der Waals surface area contributed by atoms with Gasteiger partial charge in [0, 0.05) is 26.2 Å². The standard InChI is InChI=1S/C21H33N3O2/c1-16(2)10-12-22-20(26)24-13-7-11-21(4,15-24)19(25)23-14-18-9-6-5-8-17(18)3/h5-6,8-9,16H,7,10-15H2,1-4H3,(H,22,26)(H,23,25)/t21-/m0/s1. The van der Waals surface area contributed by atoms with Gasteiger partial charge >= 0.3 is 6.03 Å². The average Bonchev–Trinajstić information content (AvgIpc) is 2.60. The monoisotopic (exact) mass is 359 g/mol. The molecule has 0 spiro atoms. The molecule has 1 fully saturated rings. The molecular formula is C21H33N3O2. The zero-order chi connectivity index (χ0) is 19.2. The van der Waals surface area contributed by atoms with Gasteiger partial charge in [0.25, 0.3) is 0 Å². The highest BCUT2D eigenvalue weighted by Gasteiger charge is 2.39. The lowest BCUT2D eigenvalue weighted by atomic mass is 9.81. The van der Waals surface area contributed by atoms with Crippen molar-refractivity contribution in [1.29, 1.82) is 0 Å². The molecule has 0 unspecified atom stereocenters. The van der Waals surface area contributed by atoms with Crippen LogP contribution >= 0.6 is 0 Å². The van der Waals surface area contributed by atoms with Crippen LogP contribution in [-0.2, 0) is 11.3 Å². The first kappa shape index (κ1) is 20.3. The maximum atomic E-state index is 12.8. The third-order valence-electron chi connectivity index (χ3n) is 5.23. The number of benzene rings is 1. The van der Waals surface area contributed by atoms with E-state index >= 15 is 0 Å². The highest BCUT2D eigenvalue weighted by atomic mass is 16.2. The van der Waals surface area contributed by atoms with Crippen molar-refractivity contribution in [3.05, 3.63) is 35.4 Å². The summed E-state index contributed by atoms with van der Waals surface area (Å²) in [6.07, 6.45) is 2.63. The van der Waals surface area contributed by atoms with Gasteiger partial charge in [-0.15, -0.1) is 0 Å². The van der Waals surface area contributed by atoms with Crippen LogP contribution < -0.4 is 10.6 Å². The number of rotatable bonds is 6. The largest absolute Gasteiger partial charge is 0.351 e. The highest BCUT2D eigenvalue weighted by molar-refractivity contribution is 5.84. The van der Waals surface area contributed by atoms with E-state index in [-0.39, 0.29) is 11.9 Å².